The summed E-state index contributed by atoms with van der Waals surface area (Å²) in [6, 6.07) is 8.48. The third kappa shape index (κ3) is 6.79. The molecule has 0 unspecified atom stereocenters. The van der Waals surface area contributed by atoms with Crippen LogP contribution in [0.1, 0.15) is 32.1 Å². The number of alkyl halides is 3. The second kappa shape index (κ2) is 10.9. The quantitative estimate of drug-likeness (QED) is 0.402. The number of halogens is 5. The first-order valence-corrected chi connectivity index (χ1v) is 12.1. The highest BCUT2D eigenvalue weighted by molar-refractivity contribution is 6.30. The molecule has 8 nitrogen and oxygen atoms in total. The minimum absolute atomic E-state index is 0.0658. The van der Waals surface area contributed by atoms with Gasteiger partial charge in [-0.25, -0.2) is 4.39 Å². The summed E-state index contributed by atoms with van der Waals surface area (Å²) >= 11 is 5.63. The number of carbonyl (C=O) groups excluding carboxylic acids is 2. The van der Waals surface area contributed by atoms with Crippen molar-refractivity contribution in [3.8, 4) is 17.2 Å². The van der Waals surface area contributed by atoms with E-state index in [1.165, 1.54) is 24.3 Å². The van der Waals surface area contributed by atoms with Crippen LogP contribution in [0.3, 0.4) is 0 Å². The molecule has 0 radical (unpaired) electrons. The first-order valence-electron chi connectivity index (χ1n) is 11.7. The van der Waals surface area contributed by atoms with Crippen molar-refractivity contribution in [1.82, 2.24) is 10.6 Å². The number of benzene rings is 2. The van der Waals surface area contributed by atoms with Crippen LogP contribution in [-0.2, 0) is 9.59 Å². The summed E-state index contributed by atoms with van der Waals surface area (Å²) in [5.41, 5.74) is -1.54. The lowest BCUT2D eigenvalue weighted by atomic mass is 9.60. The SMILES string of the molecule is O=C(COc1ccc(OC(F)(F)F)cc1)NC12CCC(NC(=O)COc3ccc(Cl)c(F)c3)(CC1)[C@@H](O)C2. The molecular weight excluding hydrogens is 536 g/mol. The number of hydrogen-bond donors (Lipinski definition) is 3. The van der Waals surface area contributed by atoms with E-state index < -0.39 is 46.9 Å². The van der Waals surface area contributed by atoms with Gasteiger partial charge in [0.1, 0.15) is 23.1 Å². The van der Waals surface area contributed by atoms with E-state index in [-0.39, 0.29) is 36.2 Å². The molecule has 3 N–H and O–H groups in total. The third-order valence-corrected chi connectivity index (χ3v) is 7.11. The van der Waals surface area contributed by atoms with Gasteiger partial charge in [-0.3, -0.25) is 9.59 Å². The minimum atomic E-state index is -4.81. The summed E-state index contributed by atoms with van der Waals surface area (Å²) in [4.78, 5) is 25.1. The lowest BCUT2D eigenvalue weighted by molar-refractivity contribution is -0.274. The average molecular weight is 561 g/mol. The van der Waals surface area contributed by atoms with Crippen LogP contribution in [0, 0.1) is 5.82 Å². The fourth-order valence-electron chi connectivity index (χ4n) is 4.91. The highest BCUT2D eigenvalue weighted by Gasteiger charge is 2.55. The highest BCUT2D eigenvalue weighted by atomic mass is 35.5. The summed E-state index contributed by atoms with van der Waals surface area (Å²) in [6.07, 6.45) is -3.69. The van der Waals surface area contributed by atoms with E-state index in [1.54, 1.807) is 0 Å². The second-order valence-electron chi connectivity index (χ2n) is 9.43. The molecule has 3 aliphatic carbocycles. The summed E-state index contributed by atoms with van der Waals surface area (Å²) < 4.78 is 64.8. The van der Waals surface area contributed by atoms with Gasteiger partial charge in [0.15, 0.2) is 13.2 Å². The molecule has 1 atom stereocenters. The number of amides is 2. The first-order chi connectivity index (χ1) is 17.9. The Morgan fingerprint density at radius 3 is 2.05 bits per heavy atom. The van der Waals surface area contributed by atoms with Crippen molar-refractivity contribution in [2.45, 2.75) is 55.6 Å². The lowest BCUT2D eigenvalue weighted by Gasteiger charge is -2.56. The fraction of sp³-hybridized carbons (Fsp3) is 0.440. The summed E-state index contributed by atoms with van der Waals surface area (Å²) in [5, 5.41) is 16.5. The van der Waals surface area contributed by atoms with Gasteiger partial charge in [0.25, 0.3) is 11.8 Å². The number of aliphatic hydroxyl groups excluding tert-OH is 1. The van der Waals surface area contributed by atoms with Crippen LogP contribution in [0.2, 0.25) is 5.02 Å². The Hall–Kier alpha value is -3.25. The van der Waals surface area contributed by atoms with Crippen LogP contribution in [0.15, 0.2) is 42.5 Å². The van der Waals surface area contributed by atoms with Gasteiger partial charge in [0, 0.05) is 11.6 Å². The molecule has 2 aromatic rings. The maximum Gasteiger partial charge on any atom is 0.573 e. The Labute approximate surface area is 220 Å². The van der Waals surface area contributed by atoms with Crippen molar-refractivity contribution in [2.75, 3.05) is 13.2 Å². The molecule has 13 heteroatoms. The second-order valence-corrected chi connectivity index (χ2v) is 9.83. The molecular formula is C25H25ClF4N2O6. The first kappa shape index (κ1) is 27.8. The van der Waals surface area contributed by atoms with Crippen molar-refractivity contribution in [3.63, 3.8) is 0 Å². The van der Waals surface area contributed by atoms with E-state index in [0.717, 1.165) is 18.2 Å². The molecule has 5 rings (SSSR count). The predicted molar refractivity (Wildman–Crippen MR) is 126 cm³/mol. The number of aliphatic hydroxyl groups is 1. The molecule has 0 heterocycles. The third-order valence-electron chi connectivity index (χ3n) is 6.80. The number of carbonyl (C=O) groups is 2. The molecule has 3 aliphatic rings. The van der Waals surface area contributed by atoms with Crippen molar-refractivity contribution < 1.29 is 46.5 Å². The van der Waals surface area contributed by atoms with E-state index in [9.17, 15) is 32.3 Å². The number of nitrogens with one attached hydrogen (secondary N) is 2. The summed E-state index contributed by atoms with van der Waals surface area (Å²) in [7, 11) is 0. The largest absolute Gasteiger partial charge is 0.573 e. The molecule has 3 saturated carbocycles. The molecule has 2 bridgehead atoms. The van der Waals surface area contributed by atoms with E-state index in [1.807, 2.05) is 0 Å². The number of ether oxygens (including phenoxy) is 3. The molecule has 0 aromatic heterocycles. The predicted octanol–water partition coefficient (Wildman–Crippen LogP) is 3.88. The molecule has 0 spiro atoms. The molecule has 38 heavy (non-hydrogen) atoms. The van der Waals surface area contributed by atoms with Gasteiger partial charge in [-0.15, -0.1) is 13.2 Å². The van der Waals surface area contributed by atoms with E-state index in [0.29, 0.717) is 25.7 Å². The van der Waals surface area contributed by atoms with Gasteiger partial charge in [-0.1, -0.05) is 11.6 Å². The van der Waals surface area contributed by atoms with Gasteiger partial charge >= 0.3 is 6.36 Å². The Bertz CT molecular complexity index is 1170. The zero-order valence-electron chi connectivity index (χ0n) is 19.9. The van der Waals surface area contributed by atoms with E-state index >= 15 is 0 Å². The zero-order valence-corrected chi connectivity index (χ0v) is 20.7. The van der Waals surface area contributed by atoms with Crippen LogP contribution in [0.4, 0.5) is 17.6 Å². The molecule has 0 aliphatic heterocycles. The van der Waals surface area contributed by atoms with Crippen molar-refractivity contribution in [2.24, 2.45) is 0 Å². The van der Waals surface area contributed by atoms with Gasteiger partial charge in [-0.05, 0) is 68.5 Å². The van der Waals surface area contributed by atoms with Crippen LogP contribution in [0.5, 0.6) is 17.2 Å². The Morgan fingerprint density at radius 2 is 1.47 bits per heavy atom. The van der Waals surface area contributed by atoms with Gasteiger partial charge in [0.05, 0.1) is 16.7 Å². The van der Waals surface area contributed by atoms with Crippen LogP contribution >= 0.6 is 11.6 Å². The smallest absolute Gasteiger partial charge is 0.484 e. The Morgan fingerprint density at radius 1 is 0.921 bits per heavy atom. The standard InChI is InChI=1S/C25H25ClF4N2O6/c26-18-6-5-17(11-19(18)27)37-14-22(35)32-24-9-7-23(8-10-24,12-20(24)33)31-21(34)13-36-15-1-3-16(4-2-15)38-25(28,29)30/h1-6,11,20,33H,7-10,12-14H2,(H,31,34)(H,32,35)/t20-,23?,24?/m0/s1. The average Bonchev–Trinajstić information content (AvgIpc) is 2.84. The monoisotopic (exact) mass is 560 g/mol. The van der Waals surface area contributed by atoms with E-state index in [2.05, 4.69) is 15.4 Å². The number of fused-ring (bicyclic) bond motifs is 3. The van der Waals surface area contributed by atoms with Crippen molar-refractivity contribution in [3.05, 3.63) is 53.3 Å². The molecule has 3 fully saturated rings. The Kier molecular flexibility index (Phi) is 7.93. The van der Waals surface area contributed by atoms with Crippen molar-refractivity contribution in [1.29, 1.82) is 0 Å². The molecule has 2 amide bonds. The fourth-order valence-corrected chi connectivity index (χ4v) is 5.03. The minimum Gasteiger partial charge on any atom is -0.484 e. The Balaban J connectivity index is 1.24. The normalized spacial score (nSPS) is 24.4. The number of hydrogen-bond acceptors (Lipinski definition) is 6. The summed E-state index contributed by atoms with van der Waals surface area (Å²) in [5.74, 6) is -1.68. The lowest BCUT2D eigenvalue weighted by Crippen LogP contribution is -2.70. The van der Waals surface area contributed by atoms with E-state index in [4.69, 9.17) is 21.1 Å². The maximum atomic E-state index is 13.6. The highest BCUT2D eigenvalue weighted by Crippen LogP contribution is 2.47. The molecule has 2 aromatic carbocycles. The van der Waals surface area contributed by atoms with Crippen molar-refractivity contribution >= 4 is 23.4 Å². The molecule has 206 valence electrons. The van der Waals surface area contributed by atoms with Crippen LogP contribution < -0.4 is 24.8 Å². The van der Waals surface area contributed by atoms with Gasteiger partial charge in [-0.2, -0.15) is 0 Å². The van der Waals surface area contributed by atoms with Gasteiger partial charge < -0.3 is 30.0 Å². The molecule has 0 saturated heterocycles. The maximum absolute atomic E-state index is 13.6. The zero-order chi connectivity index (χ0) is 27.6. The van der Waals surface area contributed by atoms with Crippen LogP contribution in [-0.4, -0.2) is 53.7 Å². The summed E-state index contributed by atoms with van der Waals surface area (Å²) in [6.45, 7) is -0.750. The number of rotatable bonds is 9. The van der Waals surface area contributed by atoms with Gasteiger partial charge in [0.2, 0.25) is 0 Å². The van der Waals surface area contributed by atoms with Crippen LogP contribution in [0.25, 0.3) is 0 Å². The topological polar surface area (TPSA) is 106 Å².